The maximum atomic E-state index is 13.6. The van der Waals surface area contributed by atoms with Gasteiger partial charge in [-0.1, -0.05) is 36.4 Å². The topological polar surface area (TPSA) is 67.7 Å². The first-order valence-electron chi connectivity index (χ1n) is 10.7. The number of pyridine rings is 2. The van der Waals surface area contributed by atoms with Gasteiger partial charge in [-0.15, -0.1) is 13.2 Å². The molecular formula is C26H19F3N3O3+. The minimum atomic E-state index is -4.89. The lowest BCUT2D eigenvalue weighted by Gasteiger charge is -2.13. The number of ether oxygens (including phenoxy) is 1. The molecule has 6 nitrogen and oxygen atoms in total. The summed E-state index contributed by atoms with van der Waals surface area (Å²) in [6.45, 7) is 2.02. The van der Waals surface area contributed by atoms with Crippen LogP contribution >= 0.6 is 0 Å². The van der Waals surface area contributed by atoms with E-state index in [0.717, 1.165) is 34.2 Å². The van der Waals surface area contributed by atoms with E-state index in [-0.39, 0.29) is 23.6 Å². The molecule has 0 fully saturated rings. The number of fused-ring (bicyclic) bond motifs is 3. The molecule has 0 unspecified atom stereocenters. The summed E-state index contributed by atoms with van der Waals surface area (Å²) >= 11 is 0. The van der Waals surface area contributed by atoms with Crippen molar-refractivity contribution >= 4 is 16.4 Å². The number of nitrogens with zero attached hydrogens (tertiary/aromatic N) is 3. The van der Waals surface area contributed by atoms with Crippen molar-refractivity contribution in [2.24, 2.45) is 0 Å². The van der Waals surface area contributed by atoms with Gasteiger partial charge in [0, 0.05) is 23.0 Å². The predicted molar refractivity (Wildman–Crippen MR) is 123 cm³/mol. The fourth-order valence-electron chi connectivity index (χ4n) is 4.12. The second kappa shape index (κ2) is 8.43. The largest absolute Gasteiger partial charge is 0.573 e. The zero-order valence-electron chi connectivity index (χ0n) is 18.5. The van der Waals surface area contributed by atoms with E-state index in [1.165, 1.54) is 16.5 Å². The van der Waals surface area contributed by atoms with Crippen molar-refractivity contribution in [3.05, 3.63) is 101 Å². The van der Waals surface area contributed by atoms with Crippen LogP contribution in [0.2, 0.25) is 0 Å². The van der Waals surface area contributed by atoms with E-state index < -0.39 is 17.7 Å². The maximum Gasteiger partial charge on any atom is 0.573 e. The molecule has 35 heavy (non-hydrogen) atoms. The summed E-state index contributed by atoms with van der Waals surface area (Å²) < 4.78 is 45.3. The number of hydrogen-bond acceptors (Lipinski definition) is 4. The molecule has 0 radical (unpaired) electrons. The molecule has 2 aromatic carbocycles. The number of benzene rings is 2. The van der Waals surface area contributed by atoms with Gasteiger partial charge in [0.05, 0.1) is 5.39 Å². The Morgan fingerprint density at radius 3 is 2.60 bits per heavy atom. The first-order chi connectivity index (χ1) is 16.7. The molecule has 1 N–H and O–H groups in total. The highest BCUT2D eigenvalue weighted by Gasteiger charge is 2.32. The van der Waals surface area contributed by atoms with Gasteiger partial charge in [-0.2, -0.15) is 8.97 Å². The van der Waals surface area contributed by atoms with Crippen LogP contribution in [0.4, 0.5) is 13.2 Å². The van der Waals surface area contributed by atoms with Crippen molar-refractivity contribution in [1.82, 2.24) is 9.38 Å². The maximum absolute atomic E-state index is 13.6. The lowest BCUT2D eigenvalue weighted by molar-refractivity contribution is -0.670. The van der Waals surface area contributed by atoms with Gasteiger partial charge in [0.15, 0.2) is 5.56 Å². The standard InChI is InChI=1S/C26H18F3N3O3/c1-16-9-10-17(14-30-16)15-32-23-21-8-3-2-5-18(21)11-12-31(23)24(33)22(25(32)34)19-6-4-7-20(13-19)35-26(27,28)29/h2-14H,15H2,1H3/p+1. The highest BCUT2D eigenvalue weighted by molar-refractivity contribution is 5.92. The Morgan fingerprint density at radius 1 is 1.06 bits per heavy atom. The average molecular weight is 478 g/mol. The normalized spacial score (nSPS) is 11.8. The van der Waals surface area contributed by atoms with Crippen LogP contribution in [-0.4, -0.2) is 20.9 Å². The van der Waals surface area contributed by atoms with Gasteiger partial charge in [-0.3, -0.25) is 4.98 Å². The van der Waals surface area contributed by atoms with Gasteiger partial charge < -0.3 is 9.84 Å². The fraction of sp³-hybridized carbons (Fsp3) is 0.115. The minimum absolute atomic E-state index is 0.0904. The van der Waals surface area contributed by atoms with Gasteiger partial charge in [0.1, 0.15) is 18.5 Å². The highest BCUT2D eigenvalue weighted by atomic mass is 19.4. The van der Waals surface area contributed by atoms with E-state index in [2.05, 4.69) is 9.72 Å². The van der Waals surface area contributed by atoms with E-state index in [9.17, 15) is 23.1 Å². The third-order valence-electron chi connectivity index (χ3n) is 5.67. The number of halogens is 3. The van der Waals surface area contributed by atoms with Gasteiger partial charge in [-0.05, 0) is 42.6 Å². The van der Waals surface area contributed by atoms with Gasteiger partial charge >= 0.3 is 11.9 Å². The molecule has 0 saturated heterocycles. The predicted octanol–water partition coefficient (Wildman–Crippen LogP) is 4.76. The Balaban J connectivity index is 1.81. The smallest absolute Gasteiger partial charge is 0.477 e. The molecule has 0 saturated carbocycles. The van der Waals surface area contributed by atoms with Crippen molar-refractivity contribution < 1.29 is 27.6 Å². The summed E-state index contributed by atoms with van der Waals surface area (Å²) in [6, 6.07) is 17.9. The van der Waals surface area contributed by atoms with E-state index in [0.29, 0.717) is 5.65 Å². The van der Waals surface area contributed by atoms with Crippen molar-refractivity contribution in [3.8, 4) is 22.8 Å². The van der Waals surface area contributed by atoms with Crippen molar-refractivity contribution in [2.75, 3.05) is 0 Å². The first kappa shape index (κ1) is 22.4. The summed E-state index contributed by atoms with van der Waals surface area (Å²) in [5.41, 5.74) is 1.40. The number of hydrogen-bond donors (Lipinski definition) is 1. The molecule has 0 aliphatic rings. The molecule has 176 valence electrons. The van der Waals surface area contributed by atoms with E-state index in [1.807, 2.05) is 43.3 Å². The number of aryl methyl sites for hydroxylation is 1. The number of aromatic nitrogens is 3. The van der Waals surface area contributed by atoms with Crippen molar-refractivity contribution in [2.45, 2.75) is 19.8 Å². The summed E-state index contributed by atoms with van der Waals surface area (Å²) in [5, 5.41) is 13.0. The van der Waals surface area contributed by atoms with Gasteiger partial charge in [-0.25, -0.2) is 4.79 Å². The van der Waals surface area contributed by atoms with Crippen LogP contribution in [0, 0.1) is 6.92 Å². The van der Waals surface area contributed by atoms with Crippen LogP contribution in [0.5, 0.6) is 11.6 Å². The third kappa shape index (κ3) is 4.28. The molecular weight excluding hydrogens is 459 g/mol. The molecule has 0 aliphatic carbocycles. The molecule has 0 spiro atoms. The molecule has 5 rings (SSSR count). The molecule has 3 heterocycles. The van der Waals surface area contributed by atoms with Crippen LogP contribution < -0.4 is 14.9 Å². The molecule has 5 aromatic rings. The van der Waals surface area contributed by atoms with E-state index in [1.54, 1.807) is 23.0 Å². The Kier molecular flexibility index (Phi) is 5.39. The molecule has 0 aliphatic heterocycles. The minimum Gasteiger partial charge on any atom is -0.477 e. The van der Waals surface area contributed by atoms with Crippen molar-refractivity contribution in [1.29, 1.82) is 0 Å². The second-order valence-electron chi connectivity index (χ2n) is 8.07. The summed E-state index contributed by atoms with van der Waals surface area (Å²) in [4.78, 5) is 17.9. The van der Waals surface area contributed by atoms with Crippen LogP contribution in [0.15, 0.2) is 83.9 Å². The third-order valence-corrected chi connectivity index (χ3v) is 5.67. The second-order valence-corrected chi connectivity index (χ2v) is 8.07. The Hall–Kier alpha value is -4.40. The summed E-state index contributed by atoms with van der Waals surface area (Å²) in [7, 11) is 0. The lowest BCUT2D eigenvalue weighted by atomic mass is 10.1. The molecule has 0 atom stereocenters. The SMILES string of the molecule is Cc1ccc(C[n+]2c(O)c(-c3cccc(OC(F)(F)F)c3)c(=O)n3ccc4ccccc4c32)cn1. The van der Waals surface area contributed by atoms with Crippen molar-refractivity contribution in [3.63, 3.8) is 0 Å². The van der Waals surface area contributed by atoms with E-state index in [4.69, 9.17) is 0 Å². The first-order valence-corrected chi connectivity index (χ1v) is 10.7. The number of rotatable bonds is 4. The summed E-state index contributed by atoms with van der Waals surface area (Å²) in [5.74, 6) is -0.872. The Labute approximate surface area is 197 Å². The monoisotopic (exact) mass is 478 g/mol. The molecule has 9 heteroatoms. The van der Waals surface area contributed by atoms with E-state index >= 15 is 0 Å². The molecule has 0 amide bonds. The zero-order chi connectivity index (χ0) is 24.7. The lowest BCUT2D eigenvalue weighted by Crippen LogP contribution is -2.41. The quantitative estimate of drug-likeness (QED) is 0.299. The summed E-state index contributed by atoms with van der Waals surface area (Å²) in [6.07, 6.45) is -1.63. The van der Waals surface area contributed by atoms with Crippen LogP contribution in [0.25, 0.3) is 27.5 Å². The van der Waals surface area contributed by atoms with Gasteiger partial charge in [0.2, 0.25) is 0 Å². The molecule has 3 aromatic heterocycles. The average Bonchev–Trinajstić information content (AvgIpc) is 2.82. The molecule has 0 bridgehead atoms. The Morgan fingerprint density at radius 2 is 1.86 bits per heavy atom. The number of aromatic hydroxyl groups is 1. The van der Waals surface area contributed by atoms with Crippen LogP contribution in [0.1, 0.15) is 11.3 Å². The number of alkyl halides is 3. The zero-order valence-corrected chi connectivity index (χ0v) is 18.5. The van der Waals surface area contributed by atoms with Crippen LogP contribution in [-0.2, 0) is 6.54 Å². The highest BCUT2D eigenvalue weighted by Crippen LogP contribution is 2.30. The Bertz CT molecular complexity index is 1630. The van der Waals surface area contributed by atoms with Gasteiger partial charge in [0.25, 0.3) is 11.5 Å². The van der Waals surface area contributed by atoms with Crippen LogP contribution in [0.3, 0.4) is 0 Å². The fourth-order valence-corrected chi connectivity index (χ4v) is 4.12.